The van der Waals surface area contributed by atoms with Gasteiger partial charge in [0.1, 0.15) is 6.54 Å². The summed E-state index contributed by atoms with van der Waals surface area (Å²) in [7, 11) is 0. The minimum absolute atomic E-state index is 0.0311. The molecule has 0 unspecified atom stereocenters. The van der Waals surface area contributed by atoms with Crippen LogP contribution in [-0.4, -0.2) is 35.3 Å². The van der Waals surface area contributed by atoms with Gasteiger partial charge in [-0.2, -0.15) is 0 Å². The van der Waals surface area contributed by atoms with Crippen molar-refractivity contribution in [1.29, 1.82) is 0 Å². The fourth-order valence-electron chi connectivity index (χ4n) is 2.42. The topological polar surface area (TPSA) is 90.9 Å². The number of aryl methyl sites for hydroxylation is 1. The van der Waals surface area contributed by atoms with Crippen molar-refractivity contribution in [2.45, 2.75) is 6.92 Å². The zero-order valence-corrected chi connectivity index (χ0v) is 15.5. The number of amidine groups is 1. The van der Waals surface area contributed by atoms with Gasteiger partial charge in [0.25, 0.3) is 5.91 Å². The van der Waals surface area contributed by atoms with Gasteiger partial charge in [0.15, 0.2) is 5.17 Å². The molecular weight excluding hydrogens is 364 g/mol. The number of nitrogens with one attached hydrogen (secondary N) is 2. The van der Waals surface area contributed by atoms with E-state index in [1.807, 2.05) is 37.3 Å². The SMILES string of the molecule is Cc1ccc(N2C(=O)CN=C2SCC(=O)NC(=O)Nc2ccccc2)cc1. The van der Waals surface area contributed by atoms with Gasteiger partial charge in [-0.25, -0.2) is 4.79 Å². The van der Waals surface area contributed by atoms with Crippen molar-refractivity contribution in [1.82, 2.24) is 5.32 Å². The maximum Gasteiger partial charge on any atom is 0.325 e. The number of hydrogen-bond acceptors (Lipinski definition) is 5. The highest BCUT2D eigenvalue weighted by molar-refractivity contribution is 8.14. The Labute approximate surface area is 160 Å². The second-order valence-electron chi connectivity index (χ2n) is 5.82. The first kappa shape index (κ1) is 18.7. The van der Waals surface area contributed by atoms with Crippen LogP contribution in [0.2, 0.25) is 0 Å². The summed E-state index contributed by atoms with van der Waals surface area (Å²) < 4.78 is 0. The fraction of sp³-hybridized carbons (Fsp3) is 0.158. The lowest BCUT2D eigenvalue weighted by Crippen LogP contribution is -2.37. The van der Waals surface area contributed by atoms with Crippen LogP contribution in [0.15, 0.2) is 59.6 Å². The molecular formula is C19H18N4O3S. The Balaban J connectivity index is 1.54. The van der Waals surface area contributed by atoms with Gasteiger partial charge in [0, 0.05) is 5.69 Å². The van der Waals surface area contributed by atoms with E-state index in [9.17, 15) is 14.4 Å². The number of hydrogen-bond donors (Lipinski definition) is 2. The Morgan fingerprint density at radius 3 is 2.52 bits per heavy atom. The van der Waals surface area contributed by atoms with Crippen molar-refractivity contribution in [3.05, 3.63) is 60.2 Å². The number of anilines is 2. The van der Waals surface area contributed by atoms with Crippen molar-refractivity contribution < 1.29 is 14.4 Å². The largest absolute Gasteiger partial charge is 0.325 e. The molecule has 0 atom stereocenters. The van der Waals surface area contributed by atoms with E-state index < -0.39 is 11.9 Å². The number of amides is 4. The molecule has 0 aromatic heterocycles. The number of nitrogens with zero attached hydrogens (tertiary/aromatic N) is 2. The predicted octanol–water partition coefficient (Wildman–Crippen LogP) is 2.78. The quantitative estimate of drug-likeness (QED) is 0.851. The van der Waals surface area contributed by atoms with E-state index in [0.717, 1.165) is 17.3 Å². The van der Waals surface area contributed by atoms with Crippen LogP contribution < -0.4 is 15.5 Å². The molecule has 27 heavy (non-hydrogen) atoms. The number of urea groups is 1. The van der Waals surface area contributed by atoms with Crippen molar-refractivity contribution in [3.63, 3.8) is 0 Å². The molecule has 4 amide bonds. The van der Waals surface area contributed by atoms with Gasteiger partial charge < -0.3 is 5.32 Å². The minimum atomic E-state index is -0.605. The summed E-state index contributed by atoms with van der Waals surface area (Å²) in [6, 6.07) is 15.7. The van der Waals surface area contributed by atoms with E-state index in [2.05, 4.69) is 15.6 Å². The highest BCUT2D eigenvalue weighted by Gasteiger charge is 2.28. The van der Waals surface area contributed by atoms with Gasteiger partial charge in [0.05, 0.1) is 11.4 Å². The van der Waals surface area contributed by atoms with Crippen LogP contribution in [0.3, 0.4) is 0 Å². The molecule has 1 aliphatic rings. The Kier molecular flexibility index (Phi) is 5.87. The number of para-hydroxylation sites is 1. The van der Waals surface area contributed by atoms with Crippen LogP contribution in [0.25, 0.3) is 0 Å². The normalized spacial score (nSPS) is 13.3. The first-order valence-corrected chi connectivity index (χ1v) is 9.24. The van der Waals surface area contributed by atoms with Crippen molar-refractivity contribution in [2.75, 3.05) is 22.5 Å². The monoisotopic (exact) mass is 382 g/mol. The van der Waals surface area contributed by atoms with E-state index >= 15 is 0 Å². The van der Waals surface area contributed by atoms with Crippen molar-refractivity contribution in [2.24, 2.45) is 4.99 Å². The lowest BCUT2D eigenvalue weighted by Gasteiger charge is -2.18. The van der Waals surface area contributed by atoms with Crippen LogP contribution in [-0.2, 0) is 9.59 Å². The molecule has 2 N–H and O–H groups in total. The molecule has 8 heteroatoms. The van der Waals surface area contributed by atoms with E-state index in [4.69, 9.17) is 0 Å². The summed E-state index contributed by atoms with van der Waals surface area (Å²) >= 11 is 1.11. The molecule has 1 aliphatic heterocycles. The molecule has 138 valence electrons. The van der Waals surface area contributed by atoms with Crippen molar-refractivity contribution >= 4 is 46.1 Å². The van der Waals surface area contributed by atoms with Gasteiger partial charge in [-0.15, -0.1) is 0 Å². The number of carbonyl (C=O) groups excluding carboxylic acids is 3. The second kappa shape index (κ2) is 8.50. The van der Waals surface area contributed by atoms with E-state index in [0.29, 0.717) is 16.5 Å². The van der Waals surface area contributed by atoms with Crippen LogP contribution in [0.5, 0.6) is 0 Å². The first-order chi connectivity index (χ1) is 13.0. The maximum absolute atomic E-state index is 12.1. The van der Waals surface area contributed by atoms with Gasteiger partial charge in [-0.05, 0) is 31.2 Å². The standard InChI is InChI=1S/C19H18N4O3S/c1-13-7-9-15(10-8-13)23-17(25)11-20-19(23)27-12-16(24)22-18(26)21-14-5-3-2-4-6-14/h2-10H,11-12H2,1H3,(H2,21,22,24,26). The molecule has 0 aliphatic carbocycles. The average molecular weight is 382 g/mol. The molecule has 3 rings (SSSR count). The van der Waals surface area contributed by atoms with Crippen LogP contribution in [0.4, 0.5) is 16.2 Å². The number of thioether (sulfide) groups is 1. The first-order valence-electron chi connectivity index (χ1n) is 8.25. The maximum atomic E-state index is 12.1. The average Bonchev–Trinajstić information content (AvgIpc) is 3.02. The third kappa shape index (κ3) is 4.95. The molecule has 0 bridgehead atoms. The Morgan fingerprint density at radius 1 is 1.11 bits per heavy atom. The molecule has 7 nitrogen and oxygen atoms in total. The lowest BCUT2D eigenvalue weighted by molar-refractivity contribution is -0.117. The number of imide groups is 1. The molecule has 0 spiro atoms. The summed E-state index contributed by atoms with van der Waals surface area (Å²) in [6.45, 7) is 2.01. The second-order valence-corrected chi connectivity index (χ2v) is 6.76. The van der Waals surface area contributed by atoms with E-state index in [-0.39, 0.29) is 18.2 Å². The summed E-state index contributed by atoms with van der Waals surface area (Å²) in [6.07, 6.45) is 0. The third-order valence-corrected chi connectivity index (χ3v) is 4.68. The van der Waals surface area contributed by atoms with Crippen LogP contribution >= 0.6 is 11.8 Å². The van der Waals surface area contributed by atoms with Gasteiger partial charge >= 0.3 is 6.03 Å². The third-order valence-electron chi connectivity index (χ3n) is 3.70. The summed E-state index contributed by atoms with van der Waals surface area (Å²) in [5, 5.41) is 5.28. The van der Waals surface area contributed by atoms with E-state index in [1.165, 1.54) is 4.90 Å². The Hall–Kier alpha value is -3.13. The minimum Gasteiger partial charge on any atom is -0.308 e. The highest BCUT2D eigenvalue weighted by Crippen LogP contribution is 2.24. The lowest BCUT2D eigenvalue weighted by atomic mass is 10.2. The number of carbonyl (C=O) groups is 3. The van der Waals surface area contributed by atoms with Gasteiger partial charge in [-0.3, -0.25) is 24.8 Å². The number of benzene rings is 2. The Bertz CT molecular complexity index is 882. The summed E-state index contributed by atoms with van der Waals surface area (Å²) in [5.41, 5.74) is 2.38. The smallest absolute Gasteiger partial charge is 0.308 e. The van der Waals surface area contributed by atoms with Crippen LogP contribution in [0, 0.1) is 6.92 Å². The zero-order chi connectivity index (χ0) is 19.2. The predicted molar refractivity (Wildman–Crippen MR) is 107 cm³/mol. The molecule has 0 fully saturated rings. The number of rotatable bonds is 4. The fourth-order valence-corrected chi connectivity index (χ4v) is 3.24. The molecule has 0 radical (unpaired) electrons. The van der Waals surface area contributed by atoms with Gasteiger partial charge in [-0.1, -0.05) is 47.7 Å². The van der Waals surface area contributed by atoms with Crippen molar-refractivity contribution in [3.8, 4) is 0 Å². The summed E-state index contributed by atoms with van der Waals surface area (Å²) in [5.74, 6) is -0.653. The molecule has 0 saturated heterocycles. The van der Waals surface area contributed by atoms with Gasteiger partial charge in [0.2, 0.25) is 5.91 Å². The summed E-state index contributed by atoms with van der Waals surface area (Å²) in [4.78, 5) is 41.7. The zero-order valence-electron chi connectivity index (χ0n) is 14.6. The highest BCUT2D eigenvalue weighted by atomic mass is 32.2. The molecule has 2 aromatic rings. The molecule has 0 saturated carbocycles. The Morgan fingerprint density at radius 2 is 1.81 bits per heavy atom. The van der Waals surface area contributed by atoms with Crippen LogP contribution in [0.1, 0.15) is 5.56 Å². The molecule has 2 aromatic carbocycles. The molecule has 1 heterocycles. The number of aliphatic imine (C=N–C) groups is 1. The van der Waals surface area contributed by atoms with E-state index in [1.54, 1.807) is 24.3 Å².